The molecule has 0 radical (unpaired) electrons. The van der Waals surface area contributed by atoms with Crippen molar-refractivity contribution in [2.24, 2.45) is 10.8 Å². The molecule has 2 aliphatic heterocycles. The van der Waals surface area contributed by atoms with Crippen LogP contribution in [-0.2, 0) is 0 Å². The number of piperidine rings is 1. The predicted octanol–water partition coefficient (Wildman–Crippen LogP) is 3.66. The summed E-state index contributed by atoms with van der Waals surface area (Å²) < 4.78 is 28.6. The van der Waals surface area contributed by atoms with Gasteiger partial charge in [-0.05, 0) is 81.3 Å². The SMILES string of the molecule is CN(C)C1CCN(c2cc(N3CCC(c4ccc(F)cc4)CC3)c(F)cc2C=NNC(N)=S)C1. The molecule has 0 saturated carbocycles. The normalized spacial score (nSPS) is 19.4. The average Bonchev–Trinajstić information content (AvgIpc) is 3.30. The van der Waals surface area contributed by atoms with Crippen molar-refractivity contribution in [3.8, 4) is 0 Å². The van der Waals surface area contributed by atoms with Gasteiger partial charge >= 0.3 is 0 Å². The van der Waals surface area contributed by atoms with Crippen LogP contribution < -0.4 is 21.0 Å². The molecule has 1 unspecified atom stereocenters. The first kappa shape index (κ1) is 24.3. The Bertz CT molecular complexity index is 1030. The molecule has 2 aliphatic rings. The maximum atomic E-state index is 15.3. The molecule has 34 heavy (non-hydrogen) atoms. The summed E-state index contributed by atoms with van der Waals surface area (Å²) in [6.07, 6.45) is 4.41. The maximum absolute atomic E-state index is 15.3. The predicted molar refractivity (Wildman–Crippen MR) is 139 cm³/mol. The van der Waals surface area contributed by atoms with Gasteiger partial charge in [-0.1, -0.05) is 12.1 Å². The van der Waals surface area contributed by atoms with Crippen LogP contribution in [-0.4, -0.2) is 62.5 Å². The van der Waals surface area contributed by atoms with Crippen LogP contribution in [0.25, 0.3) is 0 Å². The molecule has 0 bridgehead atoms. The molecule has 0 spiro atoms. The molecule has 2 fully saturated rings. The van der Waals surface area contributed by atoms with Crippen LogP contribution in [0.4, 0.5) is 20.2 Å². The highest BCUT2D eigenvalue weighted by Crippen LogP contribution is 2.36. The van der Waals surface area contributed by atoms with Crippen molar-refractivity contribution >= 4 is 34.9 Å². The van der Waals surface area contributed by atoms with E-state index in [0.717, 1.165) is 56.7 Å². The second-order valence-electron chi connectivity index (χ2n) is 9.26. The van der Waals surface area contributed by atoms with Crippen LogP contribution in [0.15, 0.2) is 41.5 Å². The quantitative estimate of drug-likeness (QED) is 0.369. The number of likely N-dealkylation sites (N-methyl/N-ethyl adjacent to an activating group) is 1. The van der Waals surface area contributed by atoms with E-state index in [-0.39, 0.29) is 16.7 Å². The van der Waals surface area contributed by atoms with Crippen LogP contribution in [0.5, 0.6) is 0 Å². The zero-order valence-corrected chi connectivity index (χ0v) is 20.5. The fraction of sp³-hybridized carbons (Fsp3) is 0.440. The highest BCUT2D eigenvalue weighted by Gasteiger charge is 2.28. The van der Waals surface area contributed by atoms with E-state index in [1.165, 1.54) is 12.1 Å². The van der Waals surface area contributed by atoms with E-state index in [2.05, 4.69) is 39.3 Å². The van der Waals surface area contributed by atoms with E-state index in [4.69, 9.17) is 18.0 Å². The minimum Gasteiger partial charge on any atom is -0.375 e. The standard InChI is InChI=1S/C25H32F2N6S/c1-31(2)21-9-12-33(16-21)23-14-24(22(27)13-19(23)15-29-30-25(28)34)32-10-7-18(8-11-32)17-3-5-20(26)6-4-17/h3-6,13-15,18,21H,7-12,16H2,1-2H3,(H3,28,30,34). The van der Waals surface area contributed by atoms with Gasteiger partial charge in [0.1, 0.15) is 11.6 Å². The summed E-state index contributed by atoms with van der Waals surface area (Å²) in [6, 6.07) is 10.7. The molecule has 1 atom stereocenters. The van der Waals surface area contributed by atoms with Gasteiger partial charge in [0.25, 0.3) is 0 Å². The van der Waals surface area contributed by atoms with Crippen molar-refractivity contribution in [2.45, 2.75) is 31.2 Å². The number of benzene rings is 2. The third-order valence-corrected chi connectivity index (χ3v) is 6.98. The Labute approximate surface area is 205 Å². The summed E-state index contributed by atoms with van der Waals surface area (Å²) in [4.78, 5) is 6.64. The van der Waals surface area contributed by atoms with Gasteiger partial charge in [0.05, 0.1) is 11.9 Å². The Kier molecular flexibility index (Phi) is 7.63. The third kappa shape index (κ3) is 5.64. The van der Waals surface area contributed by atoms with Gasteiger partial charge in [-0.2, -0.15) is 5.10 Å². The minimum atomic E-state index is -0.274. The van der Waals surface area contributed by atoms with Gasteiger partial charge in [0.2, 0.25) is 0 Å². The second kappa shape index (κ2) is 10.7. The molecule has 3 N–H and O–H groups in total. The number of nitrogens with two attached hydrogens (primary N) is 1. The number of hydrogen-bond donors (Lipinski definition) is 2. The van der Waals surface area contributed by atoms with E-state index in [0.29, 0.717) is 23.2 Å². The van der Waals surface area contributed by atoms with E-state index < -0.39 is 0 Å². The van der Waals surface area contributed by atoms with E-state index in [9.17, 15) is 4.39 Å². The van der Waals surface area contributed by atoms with Crippen LogP contribution in [0.2, 0.25) is 0 Å². The topological polar surface area (TPSA) is 60.1 Å². The number of nitrogens with zero attached hydrogens (tertiary/aromatic N) is 4. The average molecular weight is 487 g/mol. The first-order valence-electron chi connectivity index (χ1n) is 11.7. The fourth-order valence-corrected chi connectivity index (χ4v) is 4.97. The number of halogens is 2. The first-order valence-corrected chi connectivity index (χ1v) is 12.1. The molecule has 0 aromatic heterocycles. The minimum absolute atomic E-state index is 0.0627. The number of anilines is 2. The number of thiocarbonyl (C=S) groups is 1. The number of rotatable bonds is 6. The van der Waals surface area contributed by atoms with E-state index in [1.807, 2.05) is 18.2 Å². The van der Waals surface area contributed by atoms with E-state index >= 15 is 4.39 Å². The largest absolute Gasteiger partial charge is 0.375 e. The Hall–Kier alpha value is -2.78. The van der Waals surface area contributed by atoms with Gasteiger partial charge in [0, 0.05) is 43.5 Å². The lowest BCUT2D eigenvalue weighted by Crippen LogP contribution is -2.34. The summed E-state index contributed by atoms with van der Waals surface area (Å²) in [7, 11) is 4.17. The summed E-state index contributed by atoms with van der Waals surface area (Å²) in [5, 5.41) is 4.14. The lowest BCUT2D eigenvalue weighted by molar-refractivity contribution is 0.315. The number of hydrogen-bond acceptors (Lipinski definition) is 5. The van der Waals surface area contributed by atoms with Crippen molar-refractivity contribution in [2.75, 3.05) is 50.1 Å². The summed E-state index contributed by atoms with van der Waals surface area (Å²) in [5.74, 6) is -0.137. The molecular weight excluding hydrogens is 454 g/mol. The lowest BCUT2D eigenvalue weighted by atomic mass is 9.89. The molecule has 0 amide bonds. The number of nitrogens with one attached hydrogen (secondary N) is 1. The van der Waals surface area contributed by atoms with Crippen LogP contribution >= 0.6 is 12.2 Å². The van der Waals surface area contributed by atoms with Gasteiger partial charge < -0.3 is 20.4 Å². The van der Waals surface area contributed by atoms with Crippen molar-refractivity contribution in [3.63, 3.8) is 0 Å². The van der Waals surface area contributed by atoms with Gasteiger partial charge in [-0.3, -0.25) is 5.43 Å². The van der Waals surface area contributed by atoms with Crippen molar-refractivity contribution in [3.05, 3.63) is 59.2 Å². The molecule has 6 nitrogen and oxygen atoms in total. The molecule has 2 aromatic rings. The molecule has 4 rings (SSSR count). The zero-order valence-electron chi connectivity index (χ0n) is 19.7. The summed E-state index contributed by atoms with van der Waals surface area (Å²) >= 11 is 4.82. The zero-order chi connectivity index (χ0) is 24.2. The first-order chi connectivity index (χ1) is 16.3. The van der Waals surface area contributed by atoms with Crippen LogP contribution in [0, 0.1) is 11.6 Å². The third-order valence-electron chi connectivity index (χ3n) is 6.89. The summed E-state index contributed by atoms with van der Waals surface area (Å²) in [6.45, 7) is 3.25. The Balaban J connectivity index is 1.56. The number of hydrazone groups is 1. The Morgan fingerprint density at radius 1 is 1.06 bits per heavy atom. The van der Waals surface area contributed by atoms with Gasteiger partial charge in [-0.15, -0.1) is 0 Å². The van der Waals surface area contributed by atoms with Gasteiger partial charge in [-0.25, -0.2) is 8.78 Å². The summed E-state index contributed by atoms with van der Waals surface area (Å²) in [5.41, 5.74) is 11.4. The van der Waals surface area contributed by atoms with Crippen LogP contribution in [0.1, 0.15) is 36.3 Å². The van der Waals surface area contributed by atoms with Crippen LogP contribution in [0.3, 0.4) is 0 Å². The monoisotopic (exact) mass is 486 g/mol. The highest BCUT2D eigenvalue weighted by atomic mass is 32.1. The Morgan fingerprint density at radius 2 is 1.74 bits per heavy atom. The van der Waals surface area contributed by atoms with Crippen molar-refractivity contribution in [1.29, 1.82) is 0 Å². The van der Waals surface area contributed by atoms with Crippen molar-refractivity contribution < 1.29 is 8.78 Å². The smallest absolute Gasteiger partial charge is 0.184 e. The lowest BCUT2D eigenvalue weighted by Gasteiger charge is -2.35. The second-order valence-corrected chi connectivity index (χ2v) is 9.70. The molecule has 2 heterocycles. The molecule has 9 heteroatoms. The molecule has 0 aliphatic carbocycles. The molecular formula is C25H32F2N6S. The van der Waals surface area contributed by atoms with Gasteiger partial charge in [0.15, 0.2) is 5.11 Å². The van der Waals surface area contributed by atoms with Crippen molar-refractivity contribution in [1.82, 2.24) is 10.3 Å². The fourth-order valence-electron chi connectivity index (χ4n) is 4.92. The Morgan fingerprint density at radius 3 is 2.35 bits per heavy atom. The molecule has 182 valence electrons. The molecule has 2 saturated heterocycles. The maximum Gasteiger partial charge on any atom is 0.184 e. The molecule has 2 aromatic carbocycles. The van der Waals surface area contributed by atoms with E-state index in [1.54, 1.807) is 12.3 Å². The highest BCUT2D eigenvalue weighted by molar-refractivity contribution is 7.80.